The van der Waals surface area contributed by atoms with Crippen LogP contribution in [0.2, 0.25) is 5.02 Å². The number of aryl methyl sites for hydroxylation is 1. The molecule has 1 aromatic carbocycles. The molecule has 7 heteroatoms. The van der Waals surface area contributed by atoms with Crippen molar-refractivity contribution in [2.24, 2.45) is 0 Å². The van der Waals surface area contributed by atoms with Gasteiger partial charge in [0.05, 0.1) is 11.5 Å². The molecule has 0 atom stereocenters. The van der Waals surface area contributed by atoms with Crippen LogP contribution in [0.15, 0.2) is 12.1 Å². The summed E-state index contributed by atoms with van der Waals surface area (Å²) in [6, 6.07) is 3.18. The third-order valence-corrected chi connectivity index (χ3v) is 3.18. The molecule has 1 fully saturated rings. The van der Waals surface area contributed by atoms with Crippen LogP contribution < -0.4 is 10.6 Å². The first kappa shape index (κ1) is 13.6. The average molecular weight is 284 g/mol. The quantitative estimate of drug-likeness (QED) is 0.641. The normalized spacial score (nSPS) is 14.0. The fraction of sp³-hybridized carbons (Fsp3) is 0.417. The molecule has 0 aliphatic heterocycles. The summed E-state index contributed by atoms with van der Waals surface area (Å²) in [7, 11) is 0. The van der Waals surface area contributed by atoms with E-state index in [2.05, 4.69) is 10.6 Å². The maximum Gasteiger partial charge on any atom is 0.288 e. The minimum Gasteiger partial charge on any atom is -0.376 e. The molecule has 1 aromatic rings. The molecule has 0 heterocycles. The molecule has 1 aliphatic carbocycles. The number of anilines is 1. The topological polar surface area (TPSA) is 84.3 Å². The molecule has 1 aliphatic rings. The van der Waals surface area contributed by atoms with Crippen LogP contribution in [0.3, 0.4) is 0 Å². The Morgan fingerprint density at radius 2 is 2.21 bits per heavy atom. The van der Waals surface area contributed by atoms with Crippen molar-refractivity contribution < 1.29 is 9.72 Å². The number of rotatable bonds is 5. The number of benzene rings is 1. The maximum atomic E-state index is 11.5. The zero-order chi connectivity index (χ0) is 14.0. The summed E-state index contributed by atoms with van der Waals surface area (Å²) in [5.74, 6) is -0.0867. The largest absolute Gasteiger partial charge is 0.376 e. The molecule has 1 saturated carbocycles. The molecule has 0 aromatic heterocycles. The van der Waals surface area contributed by atoms with Crippen LogP contribution in [0.5, 0.6) is 0 Å². The minimum atomic E-state index is -0.529. The molecule has 102 valence electrons. The monoisotopic (exact) mass is 283 g/mol. The molecule has 2 rings (SSSR count). The summed E-state index contributed by atoms with van der Waals surface area (Å²) in [5.41, 5.74) is 1.17. The van der Waals surface area contributed by atoms with Gasteiger partial charge in [-0.05, 0) is 31.4 Å². The molecule has 0 spiro atoms. The Bertz CT molecular complexity index is 529. The van der Waals surface area contributed by atoms with Gasteiger partial charge in [-0.15, -0.1) is 0 Å². The SMILES string of the molecule is Cc1cc([N+](=O)[O-])c(Cl)cc1NCC(=O)NC1CC1. The van der Waals surface area contributed by atoms with E-state index < -0.39 is 4.92 Å². The van der Waals surface area contributed by atoms with Gasteiger partial charge < -0.3 is 10.6 Å². The number of nitro groups is 1. The van der Waals surface area contributed by atoms with Gasteiger partial charge in [0.25, 0.3) is 5.69 Å². The van der Waals surface area contributed by atoms with Crippen LogP contribution in [-0.2, 0) is 4.79 Å². The van der Waals surface area contributed by atoms with Crippen molar-refractivity contribution in [3.63, 3.8) is 0 Å². The van der Waals surface area contributed by atoms with Crippen LogP contribution in [0.25, 0.3) is 0 Å². The van der Waals surface area contributed by atoms with Gasteiger partial charge in [-0.25, -0.2) is 0 Å². The van der Waals surface area contributed by atoms with E-state index in [0.717, 1.165) is 12.8 Å². The summed E-state index contributed by atoms with van der Waals surface area (Å²) in [4.78, 5) is 21.7. The number of nitrogens with zero attached hydrogens (tertiary/aromatic N) is 1. The number of carbonyl (C=O) groups is 1. The first-order valence-electron chi connectivity index (χ1n) is 5.95. The van der Waals surface area contributed by atoms with Gasteiger partial charge in [-0.2, -0.15) is 0 Å². The van der Waals surface area contributed by atoms with E-state index in [4.69, 9.17) is 11.6 Å². The minimum absolute atomic E-state index is 0.0562. The Hall–Kier alpha value is -1.82. The Kier molecular flexibility index (Phi) is 3.90. The van der Waals surface area contributed by atoms with Crippen molar-refractivity contribution in [1.82, 2.24) is 5.32 Å². The number of hydrogen-bond acceptors (Lipinski definition) is 4. The van der Waals surface area contributed by atoms with Crippen molar-refractivity contribution in [3.05, 3.63) is 32.8 Å². The highest BCUT2D eigenvalue weighted by Crippen LogP contribution is 2.30. The second kappa shape index (κ2) is 5.44. The maximum absolute atomic E-state index is 11.5. The number of halogens is 1. The summed E-state index contributed by atoms with van der Waals surface area (Å²) < 4.78 is 0. The van der Waals surface area contributed by atoms with E-state index in [1.807, 2.05) is 0 Å². The van der Waals surface area contributed by atoms with Crippen molar-refractivity contribution in [3.8, 4) is 0 Å². The molecular formula is C12H14ClN3O3. The lowest BCUT2D eigenvalue weighted by atomic mass is 10.2. The van der Waals surface area contributed by atoms with Gasteiger partial charge in [0.1, 0.15) is 5.02 Å². The van der Waals surface area contributed by atoms with E-state index in [-0.39, 0.29) is 23.2 Å². The lowest BCUT2D eigenvalue weighted by molar-refractivity contribution is -0.384. The van der Waals surface area contributed by atoms with E-state index >= 15 is 0 Å². The first-order chi connectivity index (χ1) is 8.97. The van der Waals surface area contributed by atoms with Gasteiger partial charge in [0.15, 0.2) is 0 Å². The third-order valence-electron chi connectivity index (χ3n) is 2.87. The van der Waals surface area contributed by atoms with Crippen LogP contribution in [-0.4, -0.2) is 23.4 Å². The number of nitro benzene ring substituents is 1. The Morgan fingerprint density at radius 3 is 2.79 bits per heavy atom. The van der Waals surface area contributed by atoms with Gasteiger partial charge in [-0.3, -0.25) is 14.9 Å². The summed E-state index contributed by atoms with van der Waals surface area (Å²) in [6.07, 6.45) is 2.07. The molecular weight excluding hydrogens is 270 g/mol. The predicted octanol–water partition coefficient (Wildman–Crippen LogP) is 2.25. The Balaban J connectivity index is 2.01. The second-order valence-electron chi connectivity index (χ2n) is 4.57. The van der Waals surface area contributed by atoms with E-state index in [1.165, 1.54) is 12.1 Å². The number of amides is 1. The van der Waals surface area contributed by atoms with Crippen LogP contribution >= 0.6 is 11.6 Å². The van der Waals surface area contributed by atoms with Gasteiger partial charge >= 0.3 is 0 Å². The van der Waals surface area contributed by atoms with Crippen LogP contribution in [0.4, 0.5) is 11.4 Å². The highest BCUT2D eigenvalue weighted by molar-refractivity contribution is 6.33. The van der Waals surface area contributed by atoms with Crippen molar-refractivity contribution in [2.75, 3.05) is 11.9 Å². The molecule has 0 radical (unpaired) electrons. The fourth-order valence-electron chi connectivity index (χ4n) is 1.68. The van der Waals surface area contributed by atoms with Gasteiger partial charge in [-0.1, -0.05) is 11.6 Å². The fourth-order valence-corrected chi connectivity index (χ4v) is 1.91. The van der Waals surface area contributed by atoms with Crippen LogP contribution in [0.1, 0.15) is 18.4 Å². The zero-order valence-corrected chi connectivity index (χ0v) is 11.2. The average Bonchev–Trinajstić information content (AvgIpc) is 3.13. The summed E-state index contributed by atoms with van der Waals surface area (Å²) in [5, 5.41) is 16.6. The van der Waals surface area contributed by atoms with Gasteiger partial charge in [0.2, 0.25) is 5.91 Å². The highest BCUT2D eigenvalue weighted by Gasteiger charge is 2.23. The van der Waals surface area contributed by atoms with Gasteiger partial charge in [0, 0.05) is 17.8 Å². The standard InChI is InChI=1S/C12H14ClN3O3/c1-7-4-11(16(18)19)9(13)5-10(7)14-6-12(17)15-8-2-3-8/h4-5,8,14H,2-3,6H2,1H3,(H,15,17). The summed E-state index contributed by atoms with van der Waals surface area (Å²) >= 11 is 5.82. The lowest BCUT2D eigenvalue weighted by Gasteiger charge is -2.10. The molecule has 2 N–H and O–H groups in total. The number of carbonyl (C=O) groups excluding carboxylic acids is 1. The van der Waals surface area contributed by atoms with Crippen LogP contribution in [0, 0.1) is 17.0 Å². The molecule has 1 amide bonds. The van der Waals surface area contributed by atoms with Crippen molar-refractivity contribution in [2.45, 2.75) is 25.8 Å². The highest BCUT2D eigenvalue weighted by atomic mass is 35.5. The third kappa shape index (κ3) is 3.57. The second-order valence-corrected chi connectivity index (χ2v) is 4.98. The molecule has 0 unspecified atom stereocenters. The molecule has 6 nitrogen and oxygen atoms in total. The van der Waals surface area contributed by atoms with Crippen molar-refractivity contribution in [1.29, 1.82) is 0 Å². The predicted molar refractivity (Wildman–Crippen MR) is 72.5 cm³/mol. The van der Waals surface area contributed by atoms with E-state index in [9.17, 15) is 14.9 Å². The zero-order valence-electron chi connectivity index (χ0n) is 10.4. The molecule has 19 heavy (non-hydrogen) atoms. The Morgan fingerprint density at radius 1 is 1.53 bits per heavy atom. The smallest absolute Gasteiger partial charge is 0.288 e. The molecule has 0 bridgehead atoms. The number of nitrogens with one attached hydrogen (secondary N) is 2. The number of hydrogen-bond donors (Lipinski definition) is 2. The van der Waals surface area contributed by atoms with Crippen molar-refractivity contribution >= 4 is 28.9 Å². The first-order valence-corrected chi connectivity index (χ1v) is 6.33. The Labute approximate surface area is 115 Å². The lowest BCUT2D eigenvalue weighted by Crippen LogP contribution is -2.31. The summed E-state index contributed by atoms with van der Waals surface area (Å²) in [6.45, 7) is 1.86. The molecule has 0 saturated heterocycles. The van der Waals surface area contributed by atoms with E-state index in [1.54, 1.807) is 6.92 Å². The van der Waals surface area contributed by atoms with E-state index in [0.29, 0.717) is 17.3 Å².